The van der Waals surface area contributed by atoms with Crippen LogP contribution in [-0.4, -0.2) is 23.9 Å². The van der Waals surface area contributed by atoms with Crippen LogP contribution in [-0.2, 0) is 0 Å². The number of hydrogen-bond acceptors (Lipinski definition) is 2. The van der Waals surface area contributed by atoms with E-state index in [4.69, 9.17) is 0 Å². The van der Waals surface area contributed by atoms with Gasteiger partial charge in [0.1, 0.15) is 0 Å². The van der Waals surface area contributed by atoms with Crippen molar-refractivity contribution in [3.63, 3.8) is 0 Å². The van der Waals surface area contributed by atoms with Gasteiger partial charge in [0, 0.05) is 0 Å². The Morgan fingerprint density at radius 3 is 2.67 bits per heavy atom. The third kappa shape index (κ3) is 1.50. The normalized spacial score (nSPS) is 10.7. The van der Waals surface area contributed by atoms with Crippen LogP contribution in [0.3, 0.4) is 0 Å². The summed E-state index contributed by atoms with van der Waals surface area (Å²) in [5, 5.41) is 6.68. The fourth-order valence-corrected chi connectivity index (χ4v) is 2.69. The van der Waals surface area contributed by atoms with Crippen LogP contribution in [0.2, 0.25) is 0 Å². The van der Waals surface area contributed by atoms with Gasteiger partial charge in [-0.3, -0.25) is 0 Å². The van der Waals surface area contributed by atoms with Gasteiger partial charge in [0.25, 0.3) is 0 Å². The third-order valence-corrected chi connectivity index (χ3v) is 3.48. The third-order valence-electron chi connectivity index (χ3n) is 2.43. The molecule has 0 unspecified atom stereocenters. The maximum atomic E-state index is 4.17. The molecule has 3 rings (SSSR count). The molecule has 0 N–H and O–H groups in total. The molecule has 0 amide bonds. The molecule has 1 heterocycles. The first-order valence-corrected chi connectivity index (χ1v) is 6.46. The SMILES string of the molecule is c1ccc2c(-c3c[se]nn3)cccc2c1. The van der Waals surface area contributed by atoms with Gasteiger partial charge in [-0.2, -0.15) is 0 Å². The Bertz CT molecular complexity index is 582. The van der Waals surface area contributed by atoms with Crippen LogP contribution in [0.15, 0.2) is 47.4 Å². The van der Waals surface area contributed by atoms with Gasteiger partial charge < -0.3 is 0 Å². The molecule has 0 aliphatic heterocycles. The Morgan fingerprint density at radius 2 is 1.80 bits per heavy atom. The van der Waals surface area contributed by atoms with Crippen LogP contribution in [0.1, 0.15) is 0 Å². The number of benzene rings is 2. The van der Waals surface area contributed by atoms with Crippen molar-refractivity contribution in [1.82, 2.24) is 9.19 Å². The molecule has 0 aliphatic carbocycles. The zero-order valence-corrected chi connectivity index (χ0v) is 9.63. The summed E-state index contributed by atoms with van der Waals surface area (Å²) in [7, 11) is 0. The number of fused-ring (bicyclic) bond motifs is 1. The summed E-state index contributed by atoms with van der Waals surface area (Å²) < 4.78 is 4.04. The van der Waals surface area contributed by atoms with Gasteiger partial charge in [-0.05, 0) is 0 Å². The van der Waals surface area contributed by atoms with Gasteiger partial charge in [-0.1, -0.05) is 0 Å². The number of nitrogens with zero attached hydrogens (tertiary/aromatic N) is 2. The van der Waals surface area contributed by atoms with E-state index in [0.717, 1.165) is 5.69 Å². The van der Waals surface area contributed by atoms with E-state index in [1.54, 1.807) is 0 Å². The molecule has 0 atom stereocenters. The molecule has 1 aromatic heterocycles. The first kappa shape index (κ1) is 8.83. The summed E-state index contributed by atoms with van der Waals surface area (Å²) in [5.74, 6) is 0. The molecule has 0 saturated carbocycles. The molecule has 0 aliphatic rings. The van der Waals surface area contributed by atoms with Crippen LogP contribution in [0.25, 0.3) is 22.0 Å². The van der Waals surface area contributed by atoms with Crippen molar-refractivity contribution in [2.24, 2.45) is 0 Å². The molecule has 0 bridgehead atoms. The molecule has 3 aromatic rings. The summed E-state index contributed by atoms with van der Waals surface area (Å²) in [5.41, 5.74) is 2.21. The minimum atomic E-state index is 0.201. The molecule has 2 nitrogen and oxygen atoms in total. The molecule has 0 fully saturated rings. The minimum absolute atomic E-state index is 0.201. The summed E-state index contributed by atoms with van der Waals surface area (Å²) in [4.78, 5) is 2.12. The molecule has 2 aromatic carbocycles. The fraction of sp³-hybridized carbons (Fsp3) is 0. The van der Waals surface area contributed by atoms with Crippen LogP contribution in [0.5, 0.6) is 0 Å². The quantitative estimate of drug-likeness (QED) is 0.627. The van der Waals surface area contributed by atoms with Crippen LogP contribution in [0, 0.1) is 0 Å². The second kappa shape index (κ2) is 3.61. The molecule has 0 saturated heterocycles. The second-order valence-electron chi connectivity index (χ2n) is 3.32. The van der Waals surface area contributed by atoms with Gasteiger partial charge in [0.15, 0.2) is 0 Å². The van der Waals surface area contributed by atoms with Gasteiger partial charge in [-0.25, -0.2) is 0 Å². The van der Waals surface area contributed by atoms with Crippen molar-refractivity contribution in [2.45, 2.75) is 0 Å². The standard InChI is InChI=1S/C12H8N2Se/c1-2-6-10-9(4-1)5-3-7-11(10)12-8-15-14-13-12/h1-8H. The molecule has 0 spiro atoms. The van der Waals surface area contributed by atoms with Gasteiger partial charge >= 0.3 is 93.4 Å². The first-order valence-electron chi connectivity index (χ1n) is 4.70. The molecular formula is C12H8N2Se. The molecule has 0 radical (unpaired) electrons. The van der Waals surface area contributed by atoms with Gasteiger partial charge in [0.05, 0.1) is 0 Å². The average molecular weight is 259 g/mol. The zero-order chi connectivity index (χ0) is 10.1. The number of hydrogen-bond donors (Lipinski definition) is 0. The van der Waals surface area contributed by atoms with Gasteiger partial charge in [0.2, 0.25) is 0 Å². The van der Waals surface area contributed by atoms with E-state index >= 15 is 0 Å². The monoisotopic (exact) mass is 260 g/mol. The Kier molecular flexibility index (Phi) is 2.13. The van der Waals surface area contributed by atoms with Gasteiger partial charge in [-0.15, -0.1) is 0 Å². The maximum absolute atomic E-state index is 4.17. The fourth-order valence-electron chi connectivity index (χ4n) is 1.73. The van der Waals surface area contributed by atoms with Crippen molar-refractivity contribution < 1.29 is 0 Å². The van der Waals surface area contributed by atoms with E-state index in [9.17, 15) is 0 Å². The van der Waals surface area contributed by atoms with E-state index in [0.29, 0.717) is 0 Å². The van der Waals surface area contributed by atoms with E-state index in [2.05, 4.69) is 56.6 Å². The zero-order valence-electron chi connectivity index (χ0n) is 7.92. The average Bonchev–Trinajstić information content (AvgIpc) is 2.82. The molecule has 3 heteroatoms. The van der Waals surface area contributed by atoms with Crippen molar-refractivity contribution in [3.05, 3.63) is 47.4 Å². The number of aromatic nitrogens is 2. The summed E-state index contributed by atoms with van der Waals surface area (Å²) >= 11 is 0.201. The summed E-state index contributed by atoms with van der Waals surface area (Å²) in [6, 6.07) is 14.7. The summed E-state index contributed by atoms with van der Waals surface area (Å²) in [6.07, 6.45) is 0. The summed E-state index contributed by atoms with van der Waals surface area (Å²) in [6.45, 7) is 0. The van der Waals surface area contributed by atoms with Crippen LogP contribution >= 0.6 is 0 Å². The van der Waals surface area contributed by atoms with E-state index in [1.807, 2.05) is 0 Å². The van der Waals surface area contributed by atoms with Crippen molar-refractivity contribution in [1.29, 1.82) is 0 Å². The van der Waals surface area contributed by atoms with Crippen LogP contribution in [0.4, 0.5) is 0 Å². The van der Waals surface area contributed by atoms with Crippen molar-refractivity contribution in [3.8, 4) is 11.3 Å². The molecule has 72 valence electrons. The first-order chi connectivity index (χ1) is 7.45. The molecular weight excluding hydrogens is 251 g/mol. The molecule has 15 heavy (non-hydrogen) atoms. The van der Waals surface area contributed by atoms with E-state index < -0.39 is 0 Å². The van der Waals surface area contributed by atoms with Crippen molar-refractivity contribution >= 4 is 25.5 Å². The Hall–Kier alpha value is -1.44. The van der Waals surface area contributed by atoms with E-state index in [1.165, 1.54) is 16.3 Å². The topological polar surface area (TPSA) is 25.8 Å². The predicted octanol–water partition coefficient (Wildman–Crippen LogP) is 2.35. The second-order valence-corrected chi connectivity index (χ2v) is 4.60. The predicted molar refractivity (Wildman–Crippen MR) is 61.9 cm³/mol. The Balaban J connectivity index is 2.36. The Morgan fingerprint density at radius 1 is 0.933 bits per heavy atom. The Labute approximate surface area is 93.6 Å². The van der Waals surface area contributed by atoms with E-state index in [-0.39, 0.29) is 14.7 Å². The van der Waals surface area contributed by atoms with Crippen molar-refractivity contribution in [2.75, 3.05) is 0 Å². The van der Waals surface area contributed by atoms with Crippen LogP contribution < -0.4 is 0 Å². The number of rotatable bonds is 1.